The number of ether oxygens (including phenoxy) is 1. The van der Waals surface area contributed by atoms with Crippen LogP contribution in [-0.4, -0.2) is 18.1 Å². The van der Waals surface area contributed by atoms with Crippen LogP contribution in [-0.2, 0) is 9.53 Å². The number of hydrogen-bond acceptors (Lipinski definition) is 3. The summed E-state index contributed by atoms with van der Waals surface area (Å²) in [5, 5.41) is 0. The molecule has 0 aliphatic heterocycles. The fraction of sp³-hybridized carbons (Fsp3) is 0.848. The zero-order valence-corrected chi connectivity index (χ0v) is 25.3. The summed E-state index contributed by atoms with van der Waals surface area (Å²) in [6.07, 6.45) is 19.6. The van der Waals surface area contributed by atoms with Crippen LogP contribution in [0, 0.1) is 46.3 Å². The standard InChI is InChI=1S/C33H55NO2.ClH/c1-7-25(34)12-16-31(35)36-26-17-19-32(5)24(21-26)11-13-27-29-15-14-28(23(4)10-8-9-22(2)3)33(29,6)20-18-30(27)32;/h7,11,22-23,25-30H,1,8-10,12-21,34H2,2-6H3;1H/t23-,25?,26?,27?,28-,29?,30?,32+,33-;/m1./s1. The van der Waals surface area contributed by atoms with Gasteiger partial charge in [-0.2, -0.15) is 0 Å². The predicted molar refractivity (Wildman–Crippen MR) is 158 cm³/mol. The highest BCUT2D eigenvalue weighted by molar-refractivity contribution is 5.85. The topological polar surface area (TPSA) is 52.3 Å². The zero-order valence-electron chi connectivity index (χ0n) is 24.5. The lowest BCUT2D eigenvalue weighted by atomic mass is 9.47. The smallest absolute Gasteiger partial charge is 0.306 e. The molecule has 3 nitrogen and oxygen atoms in total. The summed E-state index contributed by atoms with van der Waals surface area (Å²) in [7, 11) is 0. The first-order valence-electron chi connectivity index (χ1n) is 15.4. The molecule has 9 atom stereocenters. The largest absolute Gasteiger partial charge is 0.462 e. The molecule has 3 saturated carbocycles. The molecule has 0 heterocycles. The quantitative estimate of drug-likeness (QED) is 0.226. The van der Waals surface area contributed by atoms with E-state index in [1.165, 1.54) is 57.8 Å². The average molecular weight is 534 g/mol. The Morgan fingerprint density at radius 1 is 1.11 bits per heavy atom. The molecule has 0 radical (unpaired) electrons. The third-order valence-electron chi connectivity index (χ3n) is 11.5. The van der Waals surface area contributed by atoms with Gasteiger partial charge in [0.1, 0.15) is 6.10 Å². The Bertz CT molecular complexity index is 823. The van der Waals surface area contributed by atoms with Crippen molar-refractivity contribution in [3.05, 3.63) is 24.3 Å². The molecule has 4 aliphatic carbocycles. The second-order valence-corrected chi connectivity index (χ2v) is 14.1. The molecule has 0 bridgehead atoms. The van der Waals surface area contributed by atoms with Gasteiger partial charge in [0.05, 0.1) is 0 Å². The maximum atomic E-state index is 12.4. The highest BCUT2D eigenvalue weighted by Gasteiger charge is 2.59. The molecule has 212 valence electrons. The van der Waals surface area contributed by atoms with Crippen LogP contribution >= 0.6 is 12.4 Å². The van der Waals surface area contributed by atoms with Gasteiger partial charge in [-0.05, 0) is 97.7 Å². The molecule has 0 saturated heterocycles. The van der Waals surface area contributed by atoms with Crippen LogP contribution in [0.25, 0.3) is 0 Å². The van der Waals surface area contributed by atoms with Crippen molar-refractivity contribution in [2.45, 2.75) is 130 Å². The number of allylic oxidation sites excluding steroid dienone is 1. The summed E-state index contributed by atoms with van der Waals surface area (Å²) >= 11 is 0. The molecule has 0 aromatic rings. The van der Waals surface area contributed by atoms with Crippen molar-refractivity contribution in [1.82, 2.24) is 0 Å². The monoisotopic (exact) mass is 533 g/mol. The Balaban J connectivity index is 0.00000380. The summed E-state index contributed by atoms with van der Waals surface area (Å²) in [5.74, 6) is 5.08. The van der Waals surface area contributed by atoms with Crippen molar-refractivity contribution >= 4 is 18.4 Å². The summed E-state index contributed by atoms with van der Waals surface area (Å²) in [5.41, 5.74) is 8.33. The van der Waals surface area contributed by atoms with Crippen LogP contribution in [0.1, 0.15) is 118 Å². The molecular formula is C33H56ClNO2. The number of fused-ring (bicyclic) bond motifs is 5. The fourth-order valence-electron chi connectivity index (χ4n) is 9.40. The Kier molecular flexibility index (Phi) is 10.5. The van der Waals surface area contributed by atoms with Crippen molar-refractivity contribution in [2.24, 2.45) is 52.1 Å². The van der Waals surface area contributed by atoms with Gasteiger partial charge in [0.2, 0.25) is 0 Å². The third kappa shape index (κ3) is 6.34. The van der Waals surface area contributed by atoms with Crippen LogP contribution in [0.3, 0.4) is 0 Å². The van der Waals surface area contributed by atoms with E-state index >= 15 is 0 Å². The highest BCUT2D eigenvalue weighted by atomic mass is 35.5. The molecule has 0 aromatic carbocycles. The van der Waals surface area contributed by atoms with Gasteiger partial charge in [-0.3, -0.25) is 4.79 Å². The van der Waals surface area contributed by atoms with E-state index < -0.39 is 0 Å². The number of rotatable bonds is 10. The average Bonchev–Trinajstić information content (AvgIpc) is 3.19. The summed E-state index contributed by atoms with van der Waals surface area (Å²) in [4.78, 5) is 12.4. The molecule has 0 spiro atoms. The molecule has 0 amide bonds. The molecule has 5 unspecified atom stereocenters. The van der Waals surface area contributed by atoms with E-state index in [0.29, 0.717) is 23.7 Å². The second kappa shape index (κ2) is 12.6. The van der Waals surface area contributed by atoms with E-state index in [1.807, 2.05) is 0 Å². The van der Waals surface area contributed by atoms with Crippen molar-refractivity contribution in [2.75, 3.05) is 0 Å². The zero-order chi connectivity index (χ0) is 26.1. The maximum Gasteiger partial charge on any atom is 0.306 e. The molecule has 3 fully saturated rings. The van der Waals surface area contributed by atoms with Gasteiger partial charge >= 0.3 is 5.97 Å². The molecule has 2 N–H and O–H groups in total. The fourth-order valence-corrected chi connectivity index (χ4v) is 9.40. The van der Waals surface area contributed by atoms with E-state index in [2.05, 4.69) is 47.3 Å². The van der Waals surface area contributed by atoms with Crippen molar-refractivity contribution in [3.8, 4) is 0 Å². The van der Waals surface area contributed by atoms with Gasteiger partial charge in [0.15, 0.2) is 0 Å². The predicted octanol–water partition coefficient (Wildman–Crippen LogP) is 8.65. The van der Waals surface area contributed by atoms with Gasteiger partial charge in [-0.15, -0.1) is 19.0 Å². The summed E-state index contributed by atoms with van der Waals surface area (Å²) in [6, 6.07) is -0.125. The first kappa shape index (κ1) is 30.7. The van der Waals surface area contributed by atoms with Gasteiger partial charge in [-0.1, -0.05) is 71.6 Å². The summed E-state index contributed by atoms with van der Waals surface area (Å²) < 4.78 is 5.92. The molecule has 4 rings (SSSR count). The van der Waals surface area contributed by atoms with Gasteiger partial charge in [-0.25, -0.2) is 0 Å². The van der Waals surface area contributed by atoms with Gasteiger partial charge in [0.25, 0.3) is 0 Å². The first-order chi connectivity index (χ1) is 17.1. The first-order valence-corrected chi connectivity index (χ1v) is 15.4. The minimum absolute atomic E-state index is 0. The minimum atomic E-state index is -0.125. The number of nitrogens with two attached hydrogens (primary N) is 1. The van der Waals surface area contributed by atoms with Crippen LogP contribution in [0.15, 0.2) is 24.3 Å². The summed E-state index contributed by atoms with van der Waals surface area (Å²) in [6.45, 7) is 16.2. The van der Waals surface area contributed by atoms with Crippen molar-refractivity contribution < 1.29 is 9.53 Å². The minimum Gasteiger partial charge on any atom is -0.462 e. The van der Waals surface area contributed by atoms with E-state index in [1.54, 1.807) is 11.6 Å². The molecule has 37 heavy (non-hydrogen) atoms. The lowest BCUT2D eigenvalue weighted by molar-refractivity contribution is -0.151. The third-order valence-corrected chi connectivity index (χ3v) is 11.5. The Morgan fingerprint density at radius 3 is 2.57 bits per heavy atom. The number of halogens is 1. The SMILES string of the molecule is C=CC(N)CCC(=O)OC1CC[C@@]2(C)C(=CCC3C2CC[C@@]2(C)C3CC[C@@H]2[C@H](C)CCCC(C)C)C1.Cl. The van der Waals surface area contributed by atoms with Gasteiger partial charge in [0, 0.05) is 18.9 Å². The van der Waals surface area contributed by atoms with Crippen LogP contribution in [0.5, 0.6) is 0 Å². The normalized spacial score (nSPS) is 38.4. The van der Waals surface area contributed by atoms with Gasteiger partial charge < -0.3 is 10.5 Å². The second-order valence-electron chi connectivity index (χ2n) is 14.1. The van der Waals surface area contributed by atoms with Crippen LogP contribution in [0.4, 0.5) is 0 Å². The number of carbonyl (C=O) groups is 1. The van der Waals surface area contributed by atoms with E-state index in [-0.39, 0.29) is 30.5 Å². The molecule has 4 heteroatoms. The van der Waals surface area contributed by atoms with Crippen LogP contribution < -0.4 is 5.73 Å². The van der Waals surface area contributed by atoms with E-state index in [0.717, 1.165) is 48.3 Å². The van der Waals surface area contributed by atoms with E-state index in [9.17, 15) is 4.79 Å². The van der Waals surface area contributed by atoms with Crippen molar-refractivity contribution in [3.63, 3.8) is 0 Å². The lowest BCUT2D eigenvalue weighted by Crippen LogP contribution is -2.51. The number of carbonyl (C=O) groups excluding carboxylic acids is 1. The molecule has 0 aromatic heterocycles. The Labute approximate surface area is 234 Å². The lowest BCUT2D eigenvalue weighted by Gasteiger charge is -2.58. The Morgan fingerprint density at radius 2 is 1.86 bits per heavy atom. The Hall–Kier alpha value is -0.800. The van der Waals surface area contributed by atoms with E-state index in [4.69, 9.17) is 10.5 Å². The maximum absolute atomic E-state index is 12.4. The molecule has 4 aliphatic rings. The number of hydrogen-bond donors (Lipinski definition) is 1. The van der Waals surface area contributed by atoms with Crippen molar-refractivity contribution in [1.29, 1.82) is 0 Å². The molecular weight excluding hydrogens is 478 g/mol. The van der Waals surface area contributed by atoms with Crippen LogP contribution in [0.2, 0.25) is 0 Å². The number of esters is 1. The highest BCUT2D eigenvalue weighted by Crippen LogP contribution is 2.67.